The van der Waals surface area contributed by atoms with Crippen LogP contribution in [0.3, 0.4) is 0 Å². The minimum Gasteiger partial charge on any atom is -0.344 e. The largest absolute Gasteiger partial charge is 0.344 e. The van der Waals surface area contributed by atoms with Crippen LogP contribution in [0, 0.1) is 0 Å². The summed E-state index contributed by atoms with van der Waals surface area (Å²) in [4.78, 5) is 17.1. The van der Waals surface area contributed by atoms with Gasteiger partial charge >= 0.3 is 0 Å². The third-order valence-electron chi connectivity index (χ3n) is 3.23. The van der Waals surface area contributed by atoms with E-state index in [1.54, 1.807) is 6.07 Å². The number of rotatable bonds is 2. The molecule has 0 fully saturated rings. The fraction of sp³-hybridized carbons (Fsp3) is 0.143. The molecule has 0 saturated heterocycles. The van der Waals surface area contributed by atoms with Gasteiger partial charge < -0.3 is 10.2 Å². The van der Waals surface area contributed by atoms with Crippen molar-refractivity contribution in [1.82, 2.24) is 9.88 Å². The van der Waals surface area contributed by atoms with E-state index >= 15 is 0 Å². The number of fused-ring (bicyclic) bond motifs is 1. The number of carbonyl (C=O) groups excluding carboxylic acids is 1. The molecule has 1 amide bonds. The molecule has 102 valence electrons. The lowest BCUT2D eigenvalue weighted by Crippen LogP contribution is -2.43. The van der Waals surface area contributed by atoms with E-state index < -0.39 is 11.8 Å². The summed E-state index contributed by atoms with van der Waals surface area (Å²) in [5.41, 5.74) is 0.985. The van der Waals surface area contributed by atoms with Gasteiger partial charge in [-0.25, -0.2) is 0 Å². The second-order valence-electron chi connectivity index (χ2n) is 4.55. The number of aromatic nitrogens is 1. The number of aliphatic hydroxyl groups is 2. The van der Waals surface area contributed by atoms with Crippen LogP contribution < -0.4 is 0 Å². The second-order valence-corrected chi connectivity index (χ2v) is 5.47. The molecule has 5 nitrogen and oxygen atoms in total. The van der Waals surface area contributed by atoms with Gasteiger partial charge in [0.25, 0.3) is 11.8 Å². The van der Waals surface area contributed by atoms with E-state index in [9.17, 15) is 15.0 Å². The number of hydrogen-bond donors (Lipinski definition) is 2. The first-order valence-corrected chi connectivity index (χ1v) is 6.76. The summed E-state index contributed by atoms with van der Waals surface area (Å²) < 4.78 is 0.915. The molecule has 1 aliphatic heterocycles. The first kappa shape index (κ1) is 13.2. The highest BCUT2D eigenvalue weighted by atomic mass is 79.9. The molecule has 0 aliphatic carbocycles. The number of benzene rings is 1. The number of carbonyl (C=O) groups is 1. The van der Waals surface area contributed by atoms with Gasteiger partial charge in [-0.1, -0.05) is 28.1 Å². The van der Waals surface area contributed by atoms with Gasteiger partial charge in [-0.2, -0.15) is 0 Å². The van der Waals surface area contributed by atoms with Crippen LogP contribution >= 0.6 is 15.9 Å². The summed E-state index contributed by atoms with van der Waals surface area (Å²) in [7, 11) is 0. The topological polar surface area (TPSA) is 73.7 Å². The maximum Gasteiger partial charge on any atom is 0.296 e. The summed E-state index contributed by atoms with van der Waals surface area (Å²) in [5, 5.41) is 20.4. The molecule has 6 heteroatoms. The van der Waals surface area contributed by atoms with Gasteiger partial charge in [-0.3, -0.25) is 14.7 Å². The molecule has 0 atom stereocenters. The van der Waals surface area contributed by atoms with Gasteiger partial charge in [-0.05, 0) is 29.8 Å². The number of nitrogens with zero attached hydrogens (tertiary/aromatic N) is 2. The SMILES string of the molecule is O=C1c2cccnc2C(O)(O)N1Cc1ccc(Br)cc1. The van der Waals surface area contributed by atoms with Crippen molar-refractivity contribution in [2.45, 2.75) is 12.5 Å². The molecule has 0 unspecified atom stereocenters. The van der Waals surface area contributed by atoms with E-state index in [1.807, 2.05) is 24.3 Å². The Kier molecular flexibility index (Phi) is 3.08. The van der Waals surface area contributed by atoms with Gasteiger partial charge in [0.05, 0.1) is 12.1 Å². The summed E-state index contributed by atoms with van der Waals surface area (Å²) in [6.45, 7) is 0.0927. The standard InChI is InChI=1S/C14H11BrN2O3/c15-10-5-3-9(4-6-10)8-17-13(18)11-2-1-7-16-12(11)14(17,19)20/h1-7,19-20H,8H2. The highest BCUT2D eigenvalue weighted by Crippen LogP contribution is 2.34. The summed E-state index contributed by atoms with van der Waals surface area (Å²) in [6, 6.07) is 10.4. The Labute approximate surface area is 123 Å². The van der Waals surface area contributed by atoms with Gasteiger partial charge in [0, 0.05) is 10.7 Å². The van der Waals surface area contributed by atoms with Crippen molar-refractivity contribution in [2.75, 3.05) is 0 Å². The highest BCUT2D eigenvalue weighted by molar-refractivity contribution is 9.10. The first-order valence-electron chi connectivity index (χ1n) is 5.97. The van der Waals surface area contributed by atoms with Crippen LogP contribution in [-0.2, 0) is 12.5 Å². The molecule has 20 heavy (non-hydrogen) atoms. The molecule has 2 N–H and O–H groups in total. The fourth-order valence-electron chi connectivity index (χ4n) is 2.21. The first-order chi connectivity index (χ1) is 9.50. The molecule has 3 rings (SSSR count). The molecule has 0 bridgehead atoms. The minimum absolute atomic E-state index is 0.0258. The zero-order valence-electron chi connectivity index (χ0n) is 10.3. The number of hydrogen-bond acceptors (Lipinski definition) is 4. The van der Waals surface area contributed by atoms with Crippen molar-refractivity contribution in [2.24, 2.45) is 0 Å². The second kappa shape index (κ2) is 4.66. The third kappa shape index (κ3) is 2.02. The van der Waals surface area contributed by atoms with Crippen LogP contribution in [0.1, 0.15) is 21.6 Å². The minimum atomic E-state index is -2.37. The Hall–Kier alpha value is -1.76. The van der Waals surface area contributed by atoms with Gasteiger partial charge in [0.15, 0.2) is 0 Å². The Balaban J connectivity index is 1.96. The fourth-order valence-corrected chi connectivity index (χ4v) is 2.48. The summed E-state index contributed by atoms with van der Waals surface area (Å²) in [6.07, 6.45) is 1.43. The van der Waals surface area contributed by atoms with Crippen LogP contribution in [0.2, 0.25) is 0 Å². The van der Waals surface area contributed by atoms with Gasteiger partial charge in [0.1, 0.15) is 5.69 Å². The predicted molar refractivity (Wildman–Crippen MR) is 74.4 cm³/mol. The average molecular weight is 335 g/mol. The van der Waals surface area contributed by atoms with Gasteiger partial charge in [0.2, 0.25) is 0 Å². The zero-order valence-corrected chi connectivity index (χ0v) is 11.9. The Bertz CT molecular complexity index is 670. The third-order valence-corrected chi connectivity index (χ3v) is 3.76. The molecule has 2 aromatic rings. The quantitative estimate of drug-likeness (QED) is 0.818. The van der Waals surface area contributed by atoms with Crippen LogP contribution in [0.5, 0.6) is 0 Å². The molecule has 1 aliphatic rings. The van der Waals surface area contributed by atoms with E-state index in [0.29, 0.717) is 0 Å². The normalized spacial score (nSPS) is 16.4. The lowest BCUT2D eigenvalue weighted by molar-refractivity contribution is -0.254. The molecule has 1 aromatic heterocycles. The van der Waals surface area contributed by atoms with Crippen molar-refractivity contribution in [3.05, 3.63) is 63.9 Å². The lowest BCUT2D eigenvalue weighted by atomic mass is 10.2. The van der Waals surface area contributed by atoms with Crippen molar-refractivity contribution >= 4 is 21.8 Å². The van der Waals surface area contributed by atoms with Crippen molar-refractivity contribution in [3.63, 3.8) is 0 Å². The van der Waals surface area contributed by atoms with Crippen LogP contribution in [0.4, 0.5) is 0 Å². The van der Waals surface area contributed by atoms with E-state index in [-0.39, 0.29) is 17.8 Å². The number of pyridine rings is 1. The van der Waals surface area contributed by atoms with Crippen molar-refractivity contribution < 1.29 is 15.0 Å². The maximum absolute atomic E-state index is 12.2. The molecular formula is C14H11BrN2O3. The van der Waals surface area contributed by atoms with Crippen molar-refractivity contribution in [1.29, 1.82) is 0 Å². The highest BCUT2D eigenvalue weighted by Gasteiger charge is 2.48. The Morgan fingerprint density at radius 1 is 1.20 bits per heavy atom. The van der Waals surface area contributed by atoms with Crippen LogP contribution in [0.25, 0.3) is 0 Å². The van der Waals surface area contributed by atoms with Crippen LogP contribution in [-0.4, -0.2) is 26.0 Å². The number of halogens is 1. The summed E-state index contributed by atoms with van der Waals surface area (Å²) >= 11 is 3.33. The summed E-state index contributed by atoms with van der Waals surface area (Å²) in [5.74, 6) is -2.82. The molecule has 0 spiro atoms. The smallest absolute Gasteiger partial charge is 0.296 e. The monoisotopic (exact) mass is 334 g/mol. The van der Waals surface area contributed by atoms with E-state index in [2.05, 4.69) is 20.9 Å². The molecule has 0 saturated carbocycles. The predicted octanol–water partition coefficient (Wildman–Crippen LogP) is 1.59. The molecular weight excluding hydrogens is 324 g/mol. The molecule has 1 aromatic carbocycles. The zero-order chi connectivity index (χ0) is 14.3. The molecule has 2 heterocycles. The lowest BCUT2D eigenvalue weighted by Gasteiger charge is -2.28. The average Bonchev–Trinajstić information content (AvgIpc) is 2.63. The molecule has 0 radical (unpaired) electrons. The van der Waals surface area contributed by atoms with E-state index in [0.717, 1.165) is 14.9 Å². The van der Waals surface area contributed by atoms with E-state index in [1.165, 1.54) is 12.3 Å². The van der Waals surface area contributed by atoms with E-state index in [4.69, 9.17) is 0 Å². The van der Waals surface area contributed by atoms with Gasteiger partial charge in [-0.15, -0.1) is 0 Å². The number of amides is 1. The van der Waals surface area contributed by atoms with Crippen molar-refractivity contribution in [3.8, 4) is 0 Å². The van der Waals surface area contributed by atoms with Crippen LogP contribution in [0.15, 0.2) is 47.1 Å². The maximum atomic E-state index is 12.2. The Morgan fingerprint density at radius 3 is 2.55 bits per heavy atom. The Morgan fingerprint density at radius 2 is 1.90 bits per heavy atom.